The first-order chi connectivity index (χ1) is 21.5. The lowest BCUT2D eigenvalue weighted by atomic mass is 10.0. The molecule has 2 heterocycles. The highest BCUT2D eigenvalue weighted by atomic mass is 32.2. The molecule has 1 aliphatic heterocycles. The lowest BCUT2D eigenvalue weighted by molar-refractivity contribution is -0.137. The predicted octanol–water partition coefficient (Wildman–Crippen LogP) is 4.48. The van der Waals surface area contributed by atoms with Crippen LogP contribution in [0.3, 0.4) is 0 Å². The van der Waals surface area contributed by atoms with Gasteiger partial charge in [0.25, 0.3) is 5.91 Å². The molecule has 0 saturated carbocycles. The summed E-state index contributed by atoms with van der Waals surface area (Å²) < 4.78 is 102. The number of ether oxygens (including phenoxy) is 1. The number of amides is 1. The molecule has 1 aromatic heterocycles. The first-order valence-electron chi connectivity index (χ1n) is 14.0. The highest BCUT2D eigenvalue weighted by molar-refractivity contribution is 7.92. The highest BCUT2D eigenvalue weighted by Crippen LogP contribution is 2.36. The molecule has 0 spiro atoms. The van der Waals surface area contributed by atoms with Gasteiger partial charge in [0.1, 0.15) is 29.1 Å². The zero-order valence-electron chi connectivity index (χ0n) is 25.7. The molecule has 46 heavy (non-hydrogen) atoms. The van der Waals surface area contributed by atoms with Crippen molar-refractivity contribution in [1.82, 2.24) is 20.2 Å². The molecule has 0 radical (unpaired) electrons. The Morgan fingerprint density at radius 2 is 1.93 bits per heavy atom. The van der Waals surface area contributed by atoms with Crippen molar-refractivity contribution in [3.63, 3.8) is 0 Å². The Morgan fingerprint density at radius 3 is 2.57 bits per heavy atom. The standard InChI is InChI=1S/C29H34F5N7O4S/c1-16-6-7-17(24(10-16)41(3)46(5,43)44)13-35-26-19(29(32,33)34)14-36-28(39-26)38-23-12-20(30)18(11-25(23)45-4)27(42)37-22-8-9-40(2)15-21(22)31/h6-7,10-12,14,21-22H,8-9,13,15H2,1-5H3,(H,37,42)(H2,35,36,38,39)/t21-,22+/m0/s1. The summed E-state index contributed by atoms with van der Waals surface area (Å²) in [5.74, 6) is -2.91. The highest BCUT2D eigenvalue weighted by Gasteiger charge is 2.36. The second-order valence-corrected chi connectivity index (χ2v) is 13.0. The second kappa shape index (κ2) is 13.6. The summed E-state index contributed by atoms with van der Waals surface area (Å²) in [5.41, 5.74) is -0.349. The van der Waals surface area contributed by atoms with Crippen molar-refractivity contribution < 1.29 is 39.9 Å². The van der Waals surface area contributed by atoms with Crippen LogP contribution in [0.2, 0.25) is 0 Å². The molecule has 1 fully saturated rings. The van der Waals surface area contributed by atoms with Gasteiger partial charge in [-0.05, 0) is 43.7 Å². The van der Waals surface area contributed by atoms with Gasteiger partial charge in [0.2, 0.25) is 16.0 Å². The summed E-state index contributed by atoms with van der Waals surface area (Å²) in [4.78, 5) is 22.3. The van der Waals surface area contributed by atoms with E-state index in [2.05, 4.69) is 25.9 Å². The van der Waals surface area contributed by atoms with Crippen LogP contribution < -0.4 is 25.0 Å². The van der Waals surface area contributed by atoms with E-state index < -0.39 is 57.1 Å². The normalized spacial score (nSPS) is 17.3. The number of sulfonamides is 1. The zero-order valence-corrected chi connectivity index (χ0v) is 26.5. The van der Waals surface area contributed by atoms with Crippen molar-refractivity contribution in [3.05, 3.63) is 64.6 Å². The number of hydrogen-bond acceptors (Lipinski definition) is 9. The molecule has 17 heteroatoms. The maximum atomic E-state index is 15.1. The van der Waals surface area contributed by atoms with Gasteiger partial charge < -0.3 is 25.6 Å². The molecular weight excluding hydrogens is 637 g/mol. The second-order valence-electron chi connectivity index (χ2n) is 11.0. The number of nitrogens with one attached hydrogen (secondary N) is 3. The number of piperidine rings is 1. The Kier molecular flexibility index (Phi) is 10.3. The SMILES string of the molecule is COc1cc(C(=O)N[C@@H]2CCN(C)C[C@@H]2F)c(F)cc1Nc1ncc(C(F)(F)F)c(NCc2ccc(C)cc2N(C)S(C)(=O)=O)n1. The minimum atomic E-state index is -4.86. The van der Waals surface area contributed by atoms with Crippen LogP contribution in [0.15, 0.2) is 36.5 Å². The Morgan fingerprint density at radius 1 is 1.22 bits per heavy atom. The van der Waals surface area contributed by atoms with E-state index in [0.29, 0.717) is 24.7 Å². The summed E-state index contributed by atoms with van der Waals surface area (Å²) in [7, 11) is 0.640. The summed E-state index contributed by atoms with van der Waals surface area (Å²) in [6.45, 7) is 2.17. The molecule has 250 valence electrons. The van der Waals surface area contributed by atoms with Gasteiger partial charge in [0.15, 0.2) is 0 Å². The van der Waals surface area contributed by atoms with Crippen LogP contribution in [-0.4, -0.2) is 82.0 Å². The molecule has 3 N–H and O–H groups in total. The molecule has 11 nitrogen and oxygen atoms in total. The van der Waals surface area contributed by atoms with Crippen LogP contribution in [0, 0.1) is 12.7 Å². The minimum absolute atomic E-state index is 0.0576. The average Bonchev–Trinajstić information content (AvgIpc) is 2.96. The van der Waals surface area contributed by atoms with Crippen LogP contribution in [-0.2, 0) is 22.7 Å². The molecule has 1 amide bonds. The number of carbonyl (C=O) groups is 1. The van der Waals surface area contributed by atoms with Crippen molar-refractivity contribution in [1.29, 1.82) is 0 Å². The molecule has 3 aromatic rings. The van der Waals surface area contributed by atoms with Crippen molar-refractivity contribution in [2.75, 3.05) is 55.5 Å². The van der Waals surface area contributed by atoms with Gasteiger partial charge in [-0.1, -0.05) is 12.1 Å². The number of rotatable bonds is 10. The fourth-order valence-corrected chi connectivity index (χ4v) is 5.37. The number of nitrogens with zero attached hydrogens (tertiary/aromatic N) is 4. The van der Waals surface area contributed by atoms with Gasteiger partial charge in [-0.25, -0.2) is 22.2 Å². The lowest BCUT2D eigenvalue weighted by Gasteiger charge is -2.32. The largest absolute Gasteiger partial charge is 0.495 e. The van der Waals surface area contributed by atoms with Gasteiger partial charge in [0.05, 0.1) is 36.3 Å². The Bertz CT molecular complexity index is 1710. The van der Waals surface area contributed by atoms with Crippen LogP contribution in [0.5, 0.6) is 5.75 Å². The Hall–Kier alpha value is -4.25. The topological polar surface area (TPSA) is 129 Å². The molecule has 4 rings (SSSR count). The van der Waals surface area contributed by atoms with Crippen molar-refractivity contribution in [2.45, 2.75) is 38.3 Å². The van der Waals surface area contributed by atoms with Crippen LogP contribution >= 0.6 is 0 Å². The first-order valence-corrected chi connectivity index (χ1v) is 15.8. The average molecular weight is 672 g/mol. The Balaban J connectivity index is 1.60. The number of aryl methyl sites for hydroxylation is 1. The van der Waals surface area contributed by atoms with Crippen LogP contribution in [0.4, 0.5) is 45.1 Å². The number of benzene rings is 2. The maximum Gasteiger partial charge on any atom is 0.421 e. The van der Waals surface area contributed by atoms with E-state index in [1.165, 1.54) is 14.2 Å². The number of likely N-dealkylation sites (tertiary alicyclic amines) is 1. The van der Waals surface area contributed by atoms with Gasteiger partial charge in [0, 0.05) is 38.9 Å². The number of methoxy groups -OCH3 is 1. The van der Waals surface area contributed by atoms with E-state index in [1.807, 2.05) is 0 Å². The van der Waals surface area contributed by atoms with E-state index in [4.69, 9.17) is 4.74 Å². The van der Waals surface area contributed by atoms with Gasteiger partial charge >= 0.3 is 6.18 Å². The monoisotopic (exact) mass is 671 g/mol. The quantitative estimate of drug-likeness (QED) is 0.268. The number of anilines is 4. The minimum Gasteiger partial charge on any atom is -0.495 e. The number of hydrogen-bond donors (Lipinski definition) is 3. The molecule has 0 bridgehead atoms. The van der Waals surface area contributed by atoms with Gasteiger partial charge in [-0.15, -0.1) is 0 Å². The van der Waals surface area contributed by atoms with E-state index in [1.54, 1.807) is 37.1 Å². The number of alkyl halides is 4. The number of halogens is 5. The first kappa shape index (κ1) is 34.6. The van der Waals surface area contributed by atoms with Crippen molar-refractivity contribution in [2.24, 2.45) is 0 Å². The molecule has 0 aliphatic carbocycles. The smallest absolute Gasteiger partial charge is 0.421 e. The summed E-state index contributed by atoms with van der Waals surface area (Å²) in [6, 6.07) is 6.02. The van der Waals surface area contributed by atoms with Crippen LogP contribution in [0.25, 0.3) is 0 Å². The predicted molar refractivity (Wildman–Crippen MR) is 163 cm³/mol. The fourth-order valence-electron chi connectivity index (χ4n) is 4.84. The molecule has 1 aliphatic rings. The lowest BCUT2D eigenvalue weighted by Crippen LogP contribution is -2.51. The third kappa shape index (κ3) is 8.12. The van der Waals surface area contributed by atoms with Crippen molar-refractivity contribution >= 4 is 39.1 Å². The van der Waals surface area contributed by atoms with Gasteiger partial charge in [-0.2, -0.15) is 18.2 Å². The van der Waals surface area contributed by atoms with E-state index in [-0.39, 0.29) is 36.2 Å². The molecule has 1 saturated heterocycles. The number of carbonyl (C=O) groups excluding carboxylic acids is 1. The third-order valence-corrected chi connectivity index (χ3v) is 8.65. The molecule has 2 atom stereocenters. The molecule has 2 aromatic carbocycles. The number of aromatic nitrogens is 2. The summed E-state index contributed by atoms with van der Waals surface area (Å²) in [6.07, 6.45) is -4.32. The zero-order chi connectivity index (χ0) is 34.0. The Labute approximate surface area is 263 Å². The fraction of sp³-hybridized carbons (Fsp3) is 0.414. The molecular formula is C29H34F5N7O4S. The maximum absolute atomic E-state index is 15.1. The summed E-state index contributed by atoms with van der Waals surface area (Å²) >= 11 is 0. The molecule has 0 unspecified atom stereocenters. The third-order valence-electron chi connectivity index (χ3n) is 7.46. The van der Waals surface area contributed by atoms with Gasteiger partial charge in [-0.3, -0.25) is 9.10 Å². The van der Waals surface area contributed by atoms with Crippen LogP contribution in [0.1, 0.15) is 33.5 Å². The van der Waals surface area contributed by atoms with E-state index in [0.717, 1.165) is 28.3 Å². The van der Waals surface area contributed by atoms with E-state index in [9.17, 15) is 30.8 Å². The summed E-state index contributed by atoms with van der Waals surface area (Å²) in [5, 5.41) is 7.74. The van der Waals surface area contributed by atoms with E-state index >= 15 is 4.39 Å². The van der Waals surface area contributed by atoms with Crippen molar-refractivity contribution in [3.8, 4) is 5.75 Å².